The van der Waals surface area contributed by atoms with E-state index in [2.05, 4.69) is 9.97 Å². The van der Waals surface area contributed by atoms with Crippen LogP contribution in [0.25, 0.3) is 23.3 Å². The number of nitrogens with zero attached hydrogens (tertiary/aromatic N) is 3. The average Bonchev–Trinajstić information content (AvgIpc) is 3.06. The van der Waals surface area contributed by atoms with E-state index in [9.17, 15) is 14.0 Å². The lowest BCUT2D eigenvalue weighted by Gasteiger charge is -2.09. The summed E-state index contributed by atoms with van der Waals surface area (Å²) in [6.45, 7) is 4.70. The van der Waals surface area contributed by atoms with Crippen LogP contribution in [0.5, 0.6) is 0 Å². The molecule has 136 valence electrons. The van der Waals surface area contributed by atoms with Gasteiger partial charge in [-0.15, -0.1) is 0 Å². The van der Waals surface area contributed by atoms with Crippen LogP contribution in [0.3, 0.4) is 0 Å². The summed E-state index contributed by atoms with van der Waals surface area (Å²) in [4.78, 5) is 32.6. The monoisotopic (exact) mass is 356 g/mol. The van der Waals surface area contributed by atoms with Gasteiger partial charge in [-0.3, -0.25) is 13.9 Å². The molecule has 0 aliphatic heterocycles. The Hall–Kier alpha value is -2.96. The molecule has 0 saturated carbocycles. The minimum atomic E-state index is -0.378. The zero-order valence-electron chi connectivity index (χ0n) is 14.8. The Bertz CT molecular complexity index is 1080. The van der Waals surface area contributed by atoms with Crippen LogP contribution in [0, 0.1) is 5.82 Å². The third-order valence-corrected chi connectivity index (χ3v) is 4.10. The highest BCUT2D eigenvalue weighted by Gasteiger charge is 2.15. The Morgan fingerprint density at radius 2 is 1.77 bits per heavy atom. The smallest absolute Gasteiger partial charge is 0.332 e. The molecule has 2 heterocycles. The summed E-state index contributed by atoms with van der Waals surface area (Å²) in [5, 5.41) is 0. The molecule has 0 fully saturated rings. The fraction of sp³-hybridized carbons (Fsp3) is 0.316. The topological polar surface area (TPSA) is 72.7 Å². The number of hydrogen-bond donors (Lipinski definition) is 1. The second-order valence-electron chi connectivity index (χ2n) is 6.07. The molecule has 0 spiro atoms. The van der Waals surface area contributed by atoms with Gasteiger partial charge in [-0.25, -0.2) is 14.2 Å². The Labute approximate surface area is 149 Å². The van der Waals surface area contributed by atoms with Crippen molar-refractivity contribution in [2.75, 3.05) is 0 Å². The van der Waals surface area contributed by atoms with Crippen LogP contribution in [0.2, 0.25) is 0 Å². The molecule has 0 aliphatic carbocycles. The zero-order valence-corrected chi connectivity index (χ0v) is 14.8. The predicted octanol–water partition coefficient (Wildman–Crippen LogP) is 3.02. The van der Waals surface area contributed by atoms with Crippen molar-refractivity contribution in [1.29, 1.82) is 0 Å². The van der Waals surface area contributed by atoms with Crippen LogP contribution in [0.4, 0.5) is 4.39 Å². The van der Waals surface area contributed by atoms with Crippen molar-refractivity contribution in [2.45, 2.75) is 39.8 Å². The maximum absolute atomic E-state index is 13.7. The minimum Gasteiger partial charge on any atom is -0.333 e. The van der Waals surface area contributed by atoms with Crippen molar-refractivity contribution in [3.63, 3.8) is 0 Å². The lowest BCUT2D eigenvalue weighted by molar-refractivity contribution is 0.555. The standard InChI is InChI=1S/C19H21FN4O2/c1-3-11-23-17-16(18(25)24(12-4-2)19(23)26)21-15(22-17)10-9-13-7-5-6-8-14(13)20/h5-10H,3-4,11-12H2,1-2H3,(H,21,22). The summed E-state index contributed by atoms with van der Waals surface area (Å²) in [5.74, 6) is 0.0620. The van der Waals surface area contributed by atoms with E-state index in [0.717, 1.165) is 6.42 Å². The van der Waals surface area contributed by atoms with Gasteiger partial charge in [0.05, 0.1) is 0 Å². The van der Waals surface area contributed by atoms with Gasteiger partial charge in [0.1, 0.15) is 17.2 Å². The summed E-state index contributed by atoms with van der Waals surface area (Å²) in [6, 6.07) is 6.38. The van der Waals surface area contributed by atoms with E-state index in [0.29, 0.717) is 42.1 Å². The fourth-order valence-electron chi connectivity index (χ4n) is 2.89. The van der Waals surface area contributed by atoms with E-state index in [-0.39, 0.29) is 17.1 Å². The average molecular weight is 356 g/mol. The molecular weight excluding hydrogens is 335 g/mol. The number of aromatic amines is 1. The SMILES string of the molecule is CCCn1c(=O)c2[nH]c(C=Cc3ccccc3F)nc2n(CCC)c1=O. The van der Waals surface area contributed by atoms with Crippen molar-refractivity contribution in [3.05, 3.63) is 62.3 Å². The maximum Gasteiger partial charge on any atom is 0.332 e. The molecule has 0 unspecified atom stereocenters. The number of halogens is 1. The summed E-state index contributed by atoms with van der Waals surface area (Å²) in [7, 11) is 0. The first-order valence-corrected chi connectivity index (χ1v) is 8.72. The highest BCUT2D eigenvalue weighted by Crippen LogP contribution is 2.12. The molecular formula is C19H21FN4O2. The van der Waals surface area contributed by atoms with E-state index in [4.69, 9.17) is 0 Å². The Morgan fingerprint density at radius 3 is 2.46 bits per heavy atom. The van der Waals surface area contributed by atoms with E-state index < -0.39 is 0 Å². The molecule has 2 aromatic heterocycles. The van der Waals surface area contributed by atoms with E-state index in [1.54, 1.807) is 30.4 Å². The molecule has 1 aromatic carbocycles. The molecule has 3 aromatic rings. The highest BCUT2D eigenvalue weighted by atomic mass is 19.1. The molecule has 0 atom stereocenters. The highest BCUT2D eigenvalue weighted by molar-refractivity contribution is 5.75. The van der Waals surface area contributed by atoms with Crippen LogP contribution >= 0.6 is 0 Å². The summed E-state index contributed by atoms with van der Waals surface area (Å²) >= 11 is 0. The molecule has 0 radical (unpaired) electrons. The molecule has 3 rings (SSSR count). The van der Waals surface area contributed by atoms with Crippen LogP contribution in [0.15, 0.2) is 33.9 Å². The van der Waals surface area contributed by atoms with Gasteiger partial charge < -0.3 is 4.98 Å². The minimum absolute atomic E-state index is 0.291. The summed E-state index contributed by atoms with van der Waals surface area (Å²) < 4.78 is 16.5. The lowest BCUT2D eigenvalue weighted by Crippen LogP contribution is -2.40. The quantitative estimate of drug-likeness (QED) is 0.738. The van der Waals surface area contributed by atoms with Gasteiger partial charge in [-0.05, 0) is 31.1 Å². The lowest BCUT2D eigenvalue weighted by atomic mass is 10.2. The van der Waals surface area contributed by atoms with Crippen molar-refractivity contribution in [2.24, 2.45) is 0 Å². The maximum atomic E-state index is 13.7. The first-order chi connectivity index (χ1) is 12.6. The van der Waals surface area contributed by atoms with Gasteiger partial charge in [-0.2, -0.15) is 0 Å². The van der Waals surface area contributed by atoms with Crippen LogP contribution in [-0.2, 0) is 13.1 Å². The third-order valence-electron chi connectivity index (χ3n) is 4.10. The molecule has 0 saturated heterocycles. The van der Waals surface area contributed by atoms with Gasteiger partial charge in [0, 0.05) is 18.7 Å². The number of imidazole rings is 1. The van der Waals surface area contributed by atoms with Gasteiger partial charge in [0.2, 0.25) is 0 Å². The number of hydrogen-bond acceptors (Lipinski definition) is 3. The van der Waals surface area contributed by atoms with Crippen LogP contribution in [0.1, 0.15) is 38.1 Å². The summed E-state index contributed by atoms with van der Waals surface area (Å²) in [6.07, 6.45) is 4.61. The molecule has 26 heavy (non-hydrogen) atoms. The van der Waals surface area contributed by atoms with Crippen molar-refractivity contribution >= 4 is 23.3 Å². The predicted molar refractivity (Wildman–Crippen MR) is 101 cm³/mol. The number of H-pyrrole nitrogens is 1. The van der Waals surface area contributed by atoms with Gasteiger partial charge >= 0.3 is 5.69 Å². The van der Waals surface area contributed by atoms with Crippen molar-refractivity contribution in [3.8, 4) is 0 Å². The van der Waals surface area contributed by atoms with Gasteiger partial charge in [-0.1, -0.05) is 32.0 Å². The van der Waals surface area contributed by atoms with Gasteiger partial charge in [0.25, 0.3) is 5.56 Å². The van der Waals surface area contributed by atoms with E-state index >= 15 is 0 Å². The number of benzene rings is 1. The molecule has 7 heteroatoms. The largest absolute Gasteiger partial charge is 0.333 e. The number of nitrogens with one attached hydrogen (secondary N) is 1. The van der Waals surface area contributed by atoms with Crippen LogP contribution < -0.4 is 11.2 Å². The summed E-state index contributed by atoms with van der Waals surface area (Å²) in [5.41, 5.74) is 0.323. The second-order valence-corrected chi connectivity index (χ2v) is 6.07. The fourth-order valence-corrected chi connectivity index (χ4v) is 2.89. The Balaban J connectivity index is 2.14. The van der Waals surface area contributed by atoms with Crippen LogP contribution in [-0.4, -0.2) is 19.1 Å². The Morgan fingerprint density at radius 1 is 1.08 bits per heavy atom. The second kappa shape index (κ2) is 7.51. The first-order valence-electron chi connectivity index (χ1n) is 8.72. The molecule has 0 aliphatic rings. The molecule has 0 bridgehead atoms. The van der Waals surface area contributed by atoms with E-state index in [1.165, 1.54) is 15.2 Å². The molecule has 0 amide bonds. The number of aryl methyl sites for hydroxylation is 1. The Kier molecular flexibility index (Phi) is 5.16. The normalized spacial score (nSPS) is 11.7. The number of fused-ring (bicyclic) bond motifs is 1. The van der Waals surface area contributed by atoms with Crippen molar-refractivity contribution < 1.29 is 4.39 Å². The first kappa shape index (κ1) is 17.8. The van der Waals surface area contributed by atoms with E-state index in [1.807, 2.05) is 13.8 Å². The third kappa shape index (κ3) is 3.24. The number of aromatic nitrogens is 4. The van der Waals surface area contributed by atoms with Crippen molar-refractivity contribution in [1.82, 2.24) is 19.1 Å². The van der Waals surface area contributed by atoms with Gasteiger partial charge in [0.15, 0.2) is 5.65 Å². The number of rotatable bonds is 6. The molecule has 6 nitrogen and oxygen atoms in total. The molecule has 1 N–H and O–H groups in total. The zero-order chi connectivity index (χ0) is 18.7.